The van der Waals surface area contributed by atoms with Crippen molar-refractivity contribution < 1.29 is 26.7 Å². The highest BCUT2D eigenvalue weighted by molar-refractivity contribution is 5.92. The van der Waals surface area contributed by atoms with Crippen LogP contribution in [-0.2, 0) is 4.79 Å². The summed E-state index contributed by atoms with van der Waals surface area (Å²) < 4.78 is 67.6. The minimum Gasteiger partial charge on any atom is -0.352 e. The Morgan fingerprint density at radius 2 is 1.77 bits per heavy atom. The molecular formula is C22H19F5N2O. The van der Waals surface area contributed by atoms with Crippen LogP contribution in [0.15, 0.2) is 36.4 Å². The first kappa shape index (κ1) is 20.4. The summed E-state index contributed by atoms with van der Waals surface area (Å²) >= 11 is 0. The molecule has 4 rings (SSSR count). The molecule has 1 aliphatic carbocycles. The number of carbonyl (C=O) groups excluding carboxylic acids is 1. The van der Waals surface area contributed by atoms with E-state index < -0.39 is 29.3 Å². The topological polar surface area (TPSA) is 44.9 Å². The van der Waals surface area contributed by atoms with Crippen LogP contribution in [0.1, 0.15) is 31.2 Å². The monoisotopic (exact) mass is 422 g/mol. The van der Waals surface area contributed by atoms with E-state index >= 15 is 0 Å². The van der Waals surface area contributed by atoms with Crippen molar-refractivity contribution in [2.75, 3.05) is 6.54 Å². The molecule has 0 atom stereocenters. The minimum absolute atomic E-state index is 0.0225. The molecule has 1 aromatic heterocycles. The molecule has 3 aromatic rings. The first-order chi connectivity index (χ1) is 14.1. The van der Waals surface area contributed by atoms with Crippen molar-refractivity contribution in [3.8, 4) is 11.3 Å². The fraction of sp³-hybridized carbons (Fsp3) is 0.318. The molecule has 0 radical (unpaired) electrons. The average molecular weight is 422 g/mol. The number of hydrogen-bond donors (Lipinski definition) is 2. The molecule has 30 heavy (non-hydrogen) atoms. The fourth-order valence-corrected chi connectivity index (χ4v) is 4.04. The van der Waals surface area contributed by atoms with E-state index in [0.717, 1.165) is 6.07 Å². The van der Waals surface area contributed by atoms with E-state index in [2.05, 4.69) is 10.3 Å². The average Bonchev–Trinajstić information content (AvgIpc) is 2.99. The second kappa shape index (κ2) is 7.41. The highest BCUT2D eigenvalue weighted by Gasteiger charge is 2.37. The van der Waals surface area contributed by atoms with E-state index in [1.54, 1.807) is 12.1 Å². The number of fused-ring (bicyclic) bond motifs is 1. The Labute approximate surface area is 169 Å². The Morgan fingerprint density at radius 1 is 1.10 bits per heavy atom. The van der Waals surface area contributed by atoms with E-state index in [1.807, 2.05) is 0 Å². The number of halogens is 5. The van der Waals surface area contributed by atoms with Crippen molar-refractivity contribution in [3.05, 3.63) is 59.4 Å². The van der Waals surface area contributed by atoms with E-state index in [-0.39, 0.29) is 23.9 Å². The highest BCUT2D eigenvalue weighted by atomic mass is 19.3. The summed E-state index contributed by atoms with van der Waals surface area (Å²) in [6.07, 6.45) is 1.13. The van der Waals surface area contributed by atoms with Crippen molar-refractivity contribution in [3.63, 3.8) is 0 Å². The van der Waals surface area contributed by atoms with Crippen LogP contribution in [0.5, 0.6) is 0 Å². The van der Waals surface area contributed by atoms with Crippen molar-refractivity contribution in [1.82, 2.24) is 10.3 Å². The molecule has 0 saturated heterocycles. The zero-order chi connectivity index (χ0) is 21.6. The van der Waals surface area contributed by atoms with Gasteiger partial charge in [0.15, 0.2) is 0 Å². The Balaban J connectivity index is 1.63. The van der Waals surface area contributed by atoms with Gasteiger partial charge in [-0.25, -0.2) is 13.2 Å². The zero-order valence-corrected chi connectivity index (χ0v) is 16.0. The molecule has 0 bridgehead atoms. The predicted molar refractivity (Wildman–Crippen MR) is 103 cm³/mol. The second-order valence-electron chi connectivity index (χ2n) is 7.86. The SMILES string of the molecule is CC(F)(F)C(=O)NCC1CC(c2c(-c3ccc(F)cc3)[nH]c3c(F)cc(F)cc23)C1. The quantitative estimate of drug-likeness (QED) is 0.523. The lowest BCUT2D eigenvalue weighted by molar-refractivity contribution is -0.143. The van der Waals surface area contributed by atoms with Gasteiger partial charge in [0.1, 0.15) is 17.5 Å². The lowest BCUT2D eigenvalue weighted by Gasteiger charge is -2.36. The molecule has 0 spiro atoms. The van der Waals surface area contributed by atoms with Crippen LogP contribution in [0.25, 0.3) is 22.2 Å². The Bertz CT molecular complexity index is 1100. The van der Waals surface area contributed by atoms with E-state index in [1.165, 1.54) is 18.2 Å². The van der Waals surface area contributed by atoms with Crippen LogP contribution < -0.4 is 5.32 Å². The maximum absolute atomic E-state index is 14.4. The van der Waals surface area contributed by atoms with Crippen molar-refractivity contribution in [2.45, 2.75) is 31.6 Å². The van der Waals surface area contributed by atoms with Crippen LogP contribution in [0.4, 0.5) is 22.0 Å². The fourth-order valence-electron chi connectivity index (χ4n) is 4.04. The summed E-state index contributed by atoms with van der Waals surface area (Å²) in [6, 6.07) is 7.72. The van der Waals surface area contributed by atoms with Gasteiger partial charge in [-0.2, -0.15) is 8.78 Å². The van der Waals surface area contributed by atoms with E-state index in [0.29, 0.717) is 42.0 Å². The van der Waals surface area contributed by atoms with Gasteiger partial charge >= 0.3 is 5.92 Å². The molecule has 0 aliphatic heterocycles. The zero-order valence-electron chi connectivity index (χ0n) is 16.0. The molecule has 8 heteroatoms. The number of H-pyrrole nitrogens is 1. The summed E-state index contributed by atoms with van der Waals surface area (Å²) in [7, 11) is 0. The summed E-state index contributed by atoms with van der Waals surface area (Å²) in [5.74, 6) is -6.72. The summed E-state index contributed by atoms with van der Waals surface area (Å²) in [6.45, 7) is 0.644. The number of carbonyl (C=O) groups is 1. The van der Waals surface area contributed by atoms with Crippen LogP contribution >= 0.6 is 0 Å². The number of nitrogens with one attached hydrogen (secondary N) is 2. The van der Waals surface area contributed by atoms with E-state index in [4.69, 9.17) is 0 Å². The number of aromatic nitrogens is 1. The maximum atomic E-state index is 14.4. The van der Waals surface area contributed by atoms with E-state index in [9.17, 15) is 26.7 Å². The number of amides is 1. The number of hydrogen-bond acceptors (Lipinski definition) is 1. The molecule has 1 amide bonds. The normalized spacial score (nSPS) is 19.0. The molecule has 3 nitrogen and oxygen atoms in total. The van der Waals surface area contributed by atoms with Crippen LogP contribution in [0, 0.1) is 23.4 Å². The third-order valence-corrected chi connectivity index (χ3v) is 5.59. The lowest BCUT2D eigenvalue weighted by atomic mass is 9.70. The van der Waals surface area contributed by atoms with Crippen LogP contribution in [-0.4, -0.2) is 23.4 Å². The Hall–Kier alpha value is -2.90. The molecule has 1 saturated carbocycles. The number of alkyl halides is 2. The molecule has 2 N–H and O–H groups in total. The molecule has 158 valence electrons. The Morgan fingerprint density at radius 3 is 2.40 bits per heavy atom. The van der Waals surface area contributed by atoms with Gasteiger partial charge in [0, 0.05) is 24.9 Å². The summed E-state index contributed by atoms with van der Waals surface area (Å²) in [5.41, 5.74) is 2.07. The standard InChI is InChI=1S/C22H19F5N2O/c1-22(26,27)21(30)28-10-11-6-13(7-11)18-16-8-15(24)9-17(25)20(16)29-19(18)12-2-4-14(23)5-3-12/h2-5,8-9,11,13,29H,6-7,10H2,1H3,(H,28,30). The number of benzene rings is 2. The van der Waals surface area contributed by atoms with Gasteiger partial charge in [-0.1, -0.05) is 0 Å². The molecular weight excluding hydrogens is 403 g/mol. The number of aromatic amines is 1. The predicted octanol–water partition coefficient (Wildman–Crippen LogP) is 5.52. The smallest absolute Gasteiger partial charge is 0.321 e. The highest BCUT2D eigenvalue weighted by Crippen LogP contribution is 2.48. The minimum atomic E-state index is -3.44. The third kappa shape index (κ3) is 3.78. The van der Waals surface area contributed by atoms with Gasteiger partial charge in [0.2, 0.25) is 0 Å². The third-order valence-electron chi connectivity index (χ3n) is 5.59. The maximum Gasteiger partial charge on any atom is 0.321 e. The molecule has 2 aromatic carbocycles. The molecule has 0 unspecified atom stereocenters. The Kier molecular flexibility index (Phi) is 5.03. The molecule has 1 fully saturated rings. The van der Waals surface area contributed by atoms with Gasteiger partial charge in [0.05, 0.1) is 11.2 Å². The molecule has 1 aliphatic rings. The van der Waals surface area contributed by atoms with Gasteiger partial charge in [-0.15, -0.1) is 0 Å². The summed E-state index contributed by atoms with van der Waals surface area (Å²) in [5, 5.41) is 2.64. The van der Waals surface area contributed by atoms with Gasteiger partial charge in [-0.05, 0) is 66.1 Å². The van der Waals surface area contributed by atoms with Crippen molar-refractivity contribution >= 4 is 16.8 Å². The largest absolute Gasteiger partial charge is 0.352 e. The lowest BCUT2D eigenvalue weighted by Crippen LogP contribution is -2.42. The van der Waals surface area contributed by atoms with Gasteiger partial charge in [0.25, 0.3) is 5.91 Å². The van der Waals surface area contributed by atoms with Gasteiger partial charge < -0.3 is 10.3 Å². The second-order valence-corrected chi connectivity index (χ2v) is 7.86. The summed E-state index contributed by atoms with van der Waals surface area (Å²) in [4.78, 5) is 14.4. The number of rotatable bonds is 5. The van der Waals surface area contributed by atoms with Crippen LogP contribution in [0.3, 0.4) is 0 Å². The first-order valence-electron chi connectivity index (χ1n) is 9.56. The van der Waals surface area contributed by atoms with Gasteiger partial charge in [-0.3, -0.25) is 4.79 Å². The van der Waals surface area contributed by atoms with Crippen molar-refractivity contribution in [1.29, 1.82) is 0 Å². The van der Waals surface area contributed by atoms with Crippen LogP contribution in [0.2, 0.25) is 0 Å². The van der Waals surface area contributed by atoms with Crippen molar-refractivity contribution in [2.24, 2.45) is 5.92 Å². The first-order valence-corrected chi connectivity index (χ1v) is 9.56. The molecule has 1 heterocycles.